The van der Waals surface area contributed by atoms with E-state index >= 15 is 0 Å². The van der Waals surface area contributed by atoms with Gasteiger partial charge in [-0.1, -0.05) is 6.92 Å². The molecule has 2 rings (SSSR count). The average Bonchev–Trinajstić information content (AvgIpc) is 2.88. The lowest BCUT2D eigenvalue weighted by atomic mass is 10.1. The third kappa shape index (κ3) is 4.07. The number of thiophene rings is 1. The molecule has 1 aromatic rings. The van der Waals surface area contributed by atoms with Crippen LogP contribution in [0.25, 0.3) is 0 Å². The number of nitrogens with zero attached hydrogens (tertiary/aromatic N) is 1. The zero-order valence-electron chi connectivity index (χ0n) is 10.5. The van der Waals surface area contributed by atoms with Gasteiger partial charge in [-0.05, 0) is 35.4 Å². The number of rotatable bonds is 6. The highest BCUT2D eigenvalue weighted by Gasteiger charge is 2.21. The van der Waals surface area contributed by atoms with Gasteiger partial charge in [0.15, 0.2) is 0 Å². The Morgan fingerprint density at radius 1 is 1.59 bits per heavy atom. The summed E-state index contributed by atoms with van der Waals surface area (Å²) in [6.45, 7) is 8.20. The predicted molar refractivity (Wildman–Crippen MR) is 72.7 cm³/mol. The highest BCUT2D eigenvalue weighted by molar-refractivity contribution is 7.07. The zero-order chi connectivity index (χ0) is 11.9. The second-order valence-electron chi connectivity index (χ2n) is 4.45. The molecule has 1 saturated heterocycles. The van der Waals surface area contributed by atoms with Crippen molar-refractivity contribution in [1.29, 1.82) is 0 Å². The van der Waals surface area contributed by atoms with Crippen molar-refractivity contribution in [1.82, 2.24) is 10.2 Å². The van der Waals surface area contributed by atoms with Crippen LogP contribution in [0.4, 0.5) is 0 Å². The van der Waals surface area contributed by atoms with E-state index < -0.39 is 0 Å². The Morgan fingerprint density at radius 3 is 3.29 bits per heavy atom. The Labute approximate surface area is 108 Å². The van der Waals surface area contributed by atoms with Crippen LogP contribution in [0.2, 0.25) is 0 Å². The van der Waals surface area contributed by atoms with Crippen molar-refractivity contribution in [2.24, 2.45) is 0 Å². The first kappa shape index (κ1) is 13.0. The molecule has 0 aliphatic carbocycles. The van der Waals surface area contributed by atoms with Crippen LogP contribution < -0.4 is 5.32 Å². The molecule has 1 fully saturated rings. The summed E-state index contributed by atoms with van der Waals surface area (Å²) in [7, 11) is 0. The van der Waals surface area contributed by atoms with Gasteiger partial charge in [0.05, 0.1) is 13.2 Å². The van der Waals surface area contributed by atoms with Gasteiger partial charge in [0.2, 0.25) is 0 Å². The van der Waals surface area contributed by atoms with E-state index in [2.05, 4.69) is 34.0 Å². The Balaban J connectivity index is 1.79. The van der Waals surface area contributed by atoms with Crippen molar-refractivity contribution in [3.8, 4) is 0 Å². The van der Waals surface area contributed by atoms with E-state index in [-0.39, 0.29) is 0 Å². The van der Waals surface area contributed by atoms with Gasteiger partial charge in [0, 0.05) is 25.7 Å². The summed E-state index contributed by atoms with van der Waals surface area (Å²) in [5.41, 5.74) is 1.46. The molecule has 1 aromatic heterocycles. The SMILES string of the molecule is CCNCC1COCCN1CCc1ccsc1. The van der Waals surface area contributed by atoms with Gasteiger partial charge in [-0.3, -0.25) is 4.90 Å². The zero-order valence-corrected chi connectivity index (χ0v) is 11.3. The van der Waals surface area contributed by atoms with E-state index in [1.54, 1.807) is 11.3 Å². The molecule has 1 N–H and O–H groups in total. The molecular formula is C13H22N2OS. The van der Waals surface area contributed by atoms with Crippen LogP contribution in [0.5, 0.6) is 0 Å². The normalized spacial score (nSPS) is 21.8. The maximum atomic E-state index is 5.57. The van der Waals surface area contributed by atoms with Crippen LogP contribution >= 0.6 is 11.3 Å². The fourth-order valence-corrected chi connectivity index (χ4v) is 2.89. The molecule has 0 aromatic carbocycles. The first-order chi connectivity index (χ1) is 8.40. The molecule has 0 spiro atoms. The molecule has 2 heterocycles. The molecule has 17 heavy (non-hydrogen) atoms. The smallest absolute Gasteiger partial charge is 0.0634 e. The van der Waals surface area contributed by atoms with Gasteiger partial charge in [-0.15, -0.1) is 0 Å². The number of hydrogen-bond acceptors (Lipinski definition) is 4. The van der Waals surface area contributed by atoms with Crippen molar-refractivity contribution in [2.45, 2.75) is 19.4 Å². The fourth-order valence-electron chi connectivity index (χ4n) is 2.19. The van der Waals surface area contributed by atoms with Gasteiger partial charge in [0.1, 0.15) is 0 Å². The van der Waals surface area contributed by atoms with Crippen molar-refractivity contribution in [3.63, 3.8) is 0 Å². The topological polar surface area (TPSA) is 24.5 Å². The summed E-state index contributed by atoms with van der Waals surface area (Å²) in [4.78, 5) is 2.56. The minimum atomic E-state index is 0.544. The minimum Gasteiger partial charge on any atom is -0.378 e. The third-order valence-corrected chi connectivity index (χ3v) is 3.98. The molecule has 0 radical (unpaired) electrons. The van der Waals surface area contributed by atoms with Crippen molar-refractivity contribution in [3.05, 3.63) is 22.4 Å². The van der Waals surface area contributed by atoms with Gasteiger partial charge in [0.25, 0.3) is 0 Å². The van der Waals surface area contributed by atoms with Gasteiger partial charge in [-0.25, -0.2) is 0 Å². The summed E-state index contributed by atoms with van der Waals surface area (Å²) in [6, 6.07) is 2.77. The van der Waals surface area contributed by atoms with Crippen molar-refractivity contribution in [2.75, 3.05) is 39.4 Å². The van der Waals surface area contributed by atoms with E-state index in [1.165, 1.54) is 5.56 Å². The number of ether oxygens (including phenoxy) is 1. The first-order valence-electron chi connectivity index (χ1n) is 6.43. The van der Waals surface area contributed by atoms with E-state index in [0.717, 1.165) is 45.8 Å². The van der Waals surface area contributed by atoms with E-state index in [1.807, 2.05) is 0 Å². The van der Waals surface area contributed by atoms with Crippen LogP contribution in [0.15, 0.2) is 16.8 Å². The fraction of sp³-hybridized carbons (Fsp3) is 0.692. The molecule has 1 unspecified atom stereocenters. The van der Waals surface area contributed by atoms with Gasteiger partial charge in [-0.2, -0.15) is 11.3 Å². The third-order valence-electron chi connectivity index (χ3n) is 3.25. The average molecular weight is 254 g/mol. The second kappa shape index (κ2) is 7.11. The lowest BCUT2D eigenvalue weighted by Gasteiger charge is -2.35. The Kier molecular flexibility index (Phi) is 5.45. The van der Waals surface area contributed by atoms with E-state index in [0.29, 0.717) is 6.04 Å². The van der Waals surface area contributed by atoms with Crippen LogP contribution in [-0.2, 0) is 11.2 Å². The molecule has 1 aliphatic rings. The van der Waals surface area contributed by atoms with Crippen molar-refractivity contribution < 1.29 is 4.74 Å². The van der Waals surface area contributed by atoms with Crippen LogP contribution in [-0.4, -0.2) is 50.3 Å². The lowest BCUT2D eigenvalue weighted by Crippen LogP contribution is -2.50. The van der Waals surface area contributed by atoms with E-state index in [4.69, 9.17) is 4.74 Å². The summed E-state index contributed by atoms with van der Waals surface area (Å²) in [6.07, 6.45) is 1.16. The van der Waals surface area contributed by atoms with Crippen molar-refractivity contribution >= 4 is 11.3 Å². The highest BCUT2D eigenvalue weighted by Crippen LogP contribution is 2.11. The molecule has 96 valence electrons. The molecule has 4 heteroatoms. The number of hydrogen-bond donors (Lipinski definition) is 1. The largest absolute Gasteiger partial charge is 0.378 e. The molecule has 1 aliphatic heterocycles. The Bertz CT molecular complexity index is 302. The standard InChI is InChI=1S/C13H22N2OS/c1-2-14-9-13-10-16-7-6-15(13)5-3-12-4-8-17-11-12/h4,8,11,13-14H,2-3,5-7,9-10H2,1H3. The van der Waals surface area contributed by atoms with E-state index in [9.17, 15) is 0 Å². The quantitative estimate of drug-likeness (QED) is 0.834. The van der Waals surface area contributed by atoms with Gasteiger partial charge < -0.3 is 10.1 Å². The molecule has 0 bridgehead atoms. The molecule has 0 amide bonds. The maximum absolute atomic E-state index is 5.57. The first-order valence-corrected chi connectivity index (χ1v) is 7.38. The summed E-state index contributed by atoms with van der Waals surface area (Å²) >= 11 is 1.79. The van der Waals surface area contributed by atoms with Gasteiger partial charge >= 0.3 is 0 Å². The van der Waals surface area contributed by atoms with Crippen LogP contribution in [0.1, 0.15) is 12.5 Å². The summed E-state index contributed by atoms with van der Waals surface area (Å²) in [5.74, 6) is 0. The minimum absolute atomic E-state index is 0.544. The summed E-state index contributed by atoms with van der Waals surface area (Å²) in [5, 5.41) is 7.83. The number of likely N-dealkylation sites (N-methyl/N-ethyl adjacent to an activating group) is 1. The second-order valence-corrected chi connectivity index (χ2v) is 5.23. The Hall–Kier alpha value is -0.420. The summed E-state index contributed by atoms with van der Waals surface area (Å²) < 4.78 is 5.57. The van der Waals surface area contributed by atoms with Crippen LogP contribution in [0, 0.1) is 0 Å². The molecule has 1 atom stereocenters. The number of nitrogens with one attached hydrogen (secondary N) is 1. The molecule has 0 saturated carbocycles. The number of morpholine rings is 1. The monoisotopic (exact) mass is 254 g/mol. The molecule has 3 nitrogen and oxygen atoms in total. The Morgan fingerprint density at radius 2 is 2.53 bits per heavy atom. The maximum Gasteiger partial charge on any atom is 0.0634 e. The lowest BCUT2D eigenvalue weighted by molar-refractivity contribution is -0.00598. The van der Waals surface area contributed by atoms with Crippen LogP contribution in [0.3, 0.4) is 0 Å². The highest BCUT2D eigenvalue weighted by atomic mass is 32.1. The predicted octanol–water partition coefficient (Wildman–Crippen LogP) is 1.60. The molecular weight excluding hydrogens is 232 g/mol.